The van der Waals surface area contributed by atoms with E-state index in [2.05, 4.69) is 10.3 Å². The van der Waals surface area contributed by atoms with Crippen LogP contribution in [0.2, 0.25) is 0 Å². The molecule has 2 atom stereocenters. The Bertz CT molecular complexity index is 1180. The van der Waals surface area contributed by atoms with E-state index in [9.17, 15) is 19.1 Å². The Morgan fingerprint density at radius 3 is 2.70 bits per heavy atom. The molecule has 0 fully saturated rings. The molecule has 1 aromatic heterocycles. The van der Waals surface area contributed by atoms with E-state index in [-0.39, 0.29) is 17.9 Å². The first kappa shape index (κ1) is 22.7. The van der Waals surface area contributed by atoms with E-state index in [1.165, 1.54) is 32.2 Å². The van der Waals surface area contributed by atoms with Gasteiger partial charge in [-0.25, -0.2) is 4.39 Å². The van der Waals surface area contributed by atoms with Gasteiger partial charge in [-0.05, 0) is 51.1 Å². The lowest BCUT2D eigenvalue weighted by atomic mass is 9.92. The highest BCUT2D eigenvalue weighted by molar-refractivity contribution is 6.32. The predicted molar refractivity (Wildman–Crippen MR) is 120 cm³/mol. The summed E-state index contributed by atoms with van der Waals surface area (Å²) in [7, 11) is 1.28. The first-order chi connectivity index (χ1) is 15.6. The van der Waals surface area contributed by atoms with Crippen LogP contribution in [-0.4, -0.2) is 40.8 Å². The van der Waals surface area contributed by atoms with E-state index in [1.807, 2.05) is 19.9 Å². The second kappa shape index (κ2) is 8.44. The maximum atomic E-state index is 13.8. The summed E-state index contributed by atoms with van der Waals surface area (Å²) in [5, 5.41) is 12.6. The Labute approximate surface area is 190 Å². The zero-order valence-corrected chi connectivity index (χ0v) is 18.8. The quantitative estimate of drug-likeness (QED) is 0.533. The molecule has 172 valence electrons. The number of nitrogens with zero attached hydrogens (tertiary/aromatic N) is 1. The van der Waals surface area contributed by atoms with Crippen molar-refractivity contribution in [3.63, 3.8) is 0 Å². The normalized spacial score (nSPS) is 20.4. The number of esters is 1. The third kappa shape index (κ3) is 4.26. The van der Waals surface area contributed by atoms with E-state index in [4.69, 9.17) is 9.47 Å². The number of rotatable bonds is 5. The summed E-state index contributed by atoms with van der Waals surface area (Å²) >= 11 is 0. The van der Waals surface area contributed by atoms with E-state index < -0.39 is 29.4 Å². The molecule has 0 bridgehead atoms. The van der Waals surface area contributed by atoms with Gasteiger partial charge in [0.05, 0.1) is 24.7 Å². The highest BCUT2D eigenvalue weighted by Crippen LogP contribution is 2.44. The van der Waals surface area contributed by atoms with Gasteiger partial charge < -0.3 is 19.9 Å². The lowest BCUT2D eigenvalue weighted by Crippen LogP contribution is -2.29. The second-order valence-electron chi connectivity index (χ2n) is 8.67. The van der Waals surface area contributed by atoms with E-state index >= 15 is 0 Å². The van der Waals surface area contributed by atoms with Crippen LogP contribution in [0.3, 0.4) is 0 Å². The number of ether oxygens (including phenoxy) is 2. The van der Waals surface area contributed by atoms with Gasteiger partial charge in [0.1, 0.15) is 17.2 Å². The molecule has 0 spiro atoms. The monoisotopic (exact) mass is 452 g/mol. The number of amides is 1. The molecule has 1 amide bonds. The van der Waals surface area contributed by atoms with Crippen molar-refractivity contribution in [2.45, 2.75) is 38.9 Å². The van der Waals surface area contributed by atoms with Crippen LogP contribution in [0.4, 0.5) is 10.1 Å². The molecule has 0 radical (unpaired) electrons. The van der Waals surface area contributed by atoms with Crippen LogP contribution < -0.4 is 5.32 Å². The summed E-state index contributed by atoms with van der Waals surface area (Å²) in [6, 6.07) is 7.77. The highest BCUT2D eigenvalue weighted by atomic mass is 19.1. The van der Waals surface area contributed by atoms with Gasteiger partial charge in [0.25, 0.3) is 5.91 Å². The number of hydrogen-bond donors (Lipinski definition) is 2. The maximum absolute atomic E-state index is 13.8. The van der Waals surface area contributed by atoms with Gasteiger partial charge in [0, 0.05) is 40.7 Å². The van der Waals surface area contributed by atoms with Gasteiger partial charge in [-0.2, -0.15) is 0 Å². The summed E-state index contributed by atoms with van der Waals surface area (Å²) in [6.45, 7) is 5.29. The zero-order chi connectivity index (χ0) is 23.9. The number of halogens is 1. The smallest absolute Gasteiger partial charge is 0.311 e. The van der Waals surface area contributed by atoms with Crippen molar-refractivity contribution in [3.05, 3.63) is 71.0 Å². The average Bonchev–Trinajstić information content (AvgIpc) is 3.25. The lowest BCUT2D eigenvalue weighted by molar-refractivity contribution is -0.149. The van der Waals surface area contributed by atoms with Crippen molar-refractivity contribution in [3.8, 4) is 0 Å². The largest absolute Gasteiger partial charge is 0.482 e. The number of benzene rings is 1. The van der Waals surface area contributed by atoms with E-state index in [1.54, 1.807) is 18.3 Å². The number of carbonyl (C=O) groups is 2. The minimum Gasteiger partial charge on any atom is -0.482 e. The fraction of sp³-hybridized carbons (Fsp3) is 0.320. The van der Waals surface area contributed by atoms with Crippen LogP contribution in [0.5, 0.6) is 0 Å². The summed E-state index contributed by atoms with van der Waals surface area (Å²) in [5.74, 6) is -1.63. The number of fused-ring (bicyclic) bond motifs is 1. The molecule has 2 N–H and O–H groups in total. The van der Waals surface area contributed by atoms with Crippen LogP contribution in [0.25, 0.3) is 11.1 Å². The Morgan fingerprint density at radius 2 is 2.06 bits per heavy atom. The lowest BCUT2D eigenvalue weighted by Gasteiger charge is -2.23. The molecule has 4 rings (SSSR count). The number of carbonyl (C=O) groups excluding carboxylic acids is 2. The average molecular weight is 452 g/mol. The highest BCUT2D eigenvalue weighted by Gasteiger charge is 2.38. The number of allylic oxidation sites excluding steroid dienone is 1. The summed E-state index contributed by atoms with van der Waals surface area (Å²) in [6.07, 6.45) is 2.81. The van der Waals surface area contributed by atoms with Gasteiger partial charge in [-0.1, -0.05) is 6.07 Å². The van der Waals surface area contributed by atoms with Gasteiger partial charge >= 0.3 is 5.97 Å². The molecule has 3 heterocycles. The van der Waals surface area contributed by atoms with E-state index in [0.29, 0.717) is 22.7 Å². The van der Waals surface area contributed by atoms with Crippen LogP contribution >= 0.6 is 0 Å². The SMILES string of the molecule is COC(=O)[C@@H](Cc1ccc(C2=C/C(=C3\C(=O)Nc4ccc(F)cc43)OC2(C)C)cn1)[C@@H](C)O. The molecule has 33 heavy (non-hydrogen) atoms. The van der Waals surface area contributed by atoms with Gasteiger partial charge in [-0.3, -0.25) is 14.6 Å². The molecular weight excluding hydrogens is 427 g/mol. The molecule has 7 nitrogen and oxygen atoms in total. The molecule has 0 aliphatic carbocycles. The van der Waals surface area contributed by atoms with E-state index in [0.717, 1.165) is 11.1 Å². The summed E-state index contributed by atoms with van der Waals surface area (Å²) < 4.78 is 24.7. The number of aliphatic hydroxyl groups is 1. The Morgan fingerprint density at radius 1 is 1.30 bits per heavy atom. The fourth-order valence-electron chi connectivity index (χ4n) is 4.13. The second-order valence-corrected chi connectivity index (χ2v) is 8.67. The molecule has 2 aliphatic rings. The molecule has 0 unspecified atom stereocenters. The van der Waals surface area contributed by atoms with Gasteiger partial charge in [0.15, 0.2) is 0 Å². The van der Waals surface area contributed by atoms with Crippen molar-refractivity contribution in [1.29, 1.82) is 0 Å². The molecule has 0 saturated carbocycles. The predicted octanol–water partition coefficient (Wildman–Crippen LogP) is 3.49. The molecule has 2 aromatic rings. The minimum absolute atomic E-state index is 0.237. The molecule has 8 heteroatoms. The molecule has 0 saturated heterocycles. The Kier molecular flexibility index (Phi) is 5.80. The minimum atomic E-state index is -0.872. The number of aliphatic hydroxyl groups excluding tert-OH is 1. The van der Waals surface area contributed by atoms with Crippen molar-refractivity contribution >= 4 is 28.7 Å². The number of anilines is 1. The van der Waals surface area contributed by atoms with Crippen molar-refractivity contribution in [1.82, 2.24) is 4.98 Å². The number of hydrogen-bond acceptors (Lipinski definition) is 6. The zero-order valence-electron chi connectivity index (χ0n) is 18.8. The Balaban J connectivity index is 1.66. The summed E-state index contributed by atoms with van der Waals surface area (Å²) in [4.78, 5) is 29.0. The fourth-order valence-corrected chi connectivity index (χ4v) is 4.13. The van der Waals surface area contributed by atoms with Crippen LogP contribution in [0.1, 0.15) is 37.6 Å². The maximum Gasteiger partial charge on any atom is 0.311 e. The van der Waals surface area contributed by atoms with Crippen molar-refractivity contribution < 1.29 is 28.6 Å². The first-order valence-electron chi connectivity index (χ1n) is 10.6. The number of aromatic nitrogens is 1. The number of pyridine rings is 1. The number of nitrogens with one attached hydrogen (secondary N) is 1. The third-order valence-corrected chi connectivity index (χ3v) is 5.91. The van der Waals surface area contributed by atoms with Crippen LogP contribution in [0.15, 0.2) is 48.4 Å². The summed E-state index contributed by atoms with van der Waals surface area (Å²) in [5.41, 5.74) is 2.75. The van der Waals surface area contributed by atoms with Crippen molar-refractivity contribution in [2.24, 2.45) is 5.92 Å². The topological polar surface area (TPSA) is 97.8 Å². The van der Waals surface area contributed by atoms with Crippen molar-refractivity contribution in [2.75, 3.05) is 12.4 Å². The molecular formula is C25H25FN2O5. The van der Waals surface area contributed by atoms with Crippen LogP contribution in [0, 0.1) is 11.7 Å². The van der Waals surface area contributed by atoms with Crippen LogP contribution in [-0.2, 0) is 25.5 Å². The molecule has 1 aromatic carbocycles. The third-order valence-electron chi connectivity index (χ3n) is 5.91. The molecule has 2 aliphatic heterocycles. The first-order valence-corrected chi connectivity index (χ1v) is 10.6. The van der Waals surface area contributed by atoms with Gasteiger partial charge in [0.2, 0.25) is 0 Å². The van der Waals surface area contributed by atoms with Gasteiger partial charge in [-0.15, -0.1) is 0 Å². The number of methoxy groups -OCH3 is 1. The standard InChI is InChI=1S/C25H25FN2O5/c1-13(29)17(24(31)32-4)10-16-7-5-14(12-27-16)19-11-21(33-25(19,2)3)22-18-9-15(26)6-8-20(18)28-23(22)30/h5-9,11-13,17,29H,10H2,1-4H3,(H,28,30)/b22-21+/t13-,17+/m1/s1. The Hall–Kier alpha value is -3.52.